The maximum atomic E-state index is 13.7. The maximum absolute atomic E-state index is 13.7. The molecule has 184 valence electrons. The average Bonchev–Trinajstić information content (AvgIpc) is 2.79. The van der Waals surface area contributed by atoms with Gasteiger partial charge in [0.2, 0.25) is 0 Å². The molecule has 35 heavy (non-hydrogen) atoms. The van der Waals surface area contributed by atoms with Crippen LogP contribution in [0.1, 0.15) is 65.7 Å². The lowest BCUT2D eigenvalue weighted by Gasteiger charge is -2.42. The molecule has 3 aromatic rings. The molecule has 0 aliphatic carbocycles. The first-order valence-electron chi connectivity index (χ1n) is 11.3. The number of carbonyl (C=O) groups excluding carboxylic acids is 1. The van der Waals surface area contributed by atoms with Crippen LogP contribution in [0.4, 0.5) is 17.6 Å². The molecule has 0 radical (unpaired) electrons. The van der Waals surface area contributed by atoms with Crippen LogP contribution in [0.2, 0.25) is 5.02 Å². The summed E-state index contributed by atoms with van der Waals surface area (Å²) in [6.07, 6.45) is -2.87. The van der Waals surface area contributed by atoms with Gasteiger partial charge in [-0.05, 0) is 63.1 Å². The van der Waals surface area contributed by atoms with Gasteiger partial charge in [0.1, 0.15) is 11.6 Å². The molecule has 1 amide bonds. The number of hydrogen-bond acceptors (Lipinski definition) is 3. The number of benzene rings is 2. The fraction of sp³-hybridized carbons (Fsp3) is 0.346. The van der Waals surface area contributed by atoms with Crippen molar-refractivity contribution in [3.63, 3.8) is 0 Å². The number of halogens is 5. The third kappa shape index (κ3) is 4.76. The molecule has 2 aromatic carbocycles. The molecular formula is C26H24ClF4N3O. The van der Waals surface area contributed by atoms with E-state index in [1.165, 1.54) is 24.3 Å². The second kappa shape index (κ2) is 9.57. The molecule has 1 aliphatic rings. The number of carbonyl (C=O) groups is 1. The number of aromatic nitrogens is 2. The van der Waals surface area contributed by atoms with Crippen LogP contribution >= 0.6 is 11.6 Å². The van der Waals surface area contributed by atoms with Gasteiger partial charge >= 0.3 is 6.18 Å². The number of nitrogens with zero attached hydrogens (tertiary/aromatic N) is 3. The fourth-order valence-corrected chi connectivity index (χ4v) is 5.08. The Morgan fingerprint density at radius 3 is 2.46 bits per heavy atom. The second-order valence-corrected chi connectivity index (χ2v) is 9.07. The molecule has 9 heteroatoms. The highest BCUT2D eigenvalue weighted by atomic mass is 35.5. The molecule has 0 saturated carbocycles. The van der Waals surface area contributed by atoms with Crippen molar-refractivity contribution in [2.24, 2.45) is 0 Å². The highest BCUT2D eigenvalue weighted by Gasteiger charge is 2.40. The molecule has 1 aliphatic heterocycles. The molecule has 2 heterocycles. The topological polar surface area (TPSA) is 46.1 Å². The molecule has 0 fully saturated rings. The Hall–Kier alpha value is -3.00. The lowest BCUT2D eigenvalue weighted by atomic mass is 9.87. The molecule has 4 rings (SSSR count). The first kappa shape index (κ1) is 25.1. The van der Waals surface area contributed by atoms with E-state index in [4.69, 9.17) is 11.6 Å². The number of amides is 1. The zero-order valence-corrected chi connectivity index (χ0v) is 20.2. The Balaban J connectivity index is 1.82. The van der Waals surface area contributed by atoms with E-state index in [2.05, 4.69) is 9.97 Å². The number of aryl methyl sites for hydroxylation is 1. The van der Waals surface area contributed by atoms with Crippen LogP contribution in [-0.2, 0) is 12.6 Å². The Labute approximate surface area is 206 Å². The van der Waals surface area contributed by atoms with Crippen LogP contribution in [0.5, 0.6) is 0 Å². The van der Waals surface area contributed by atoms with Gasteiger partial charge in [0, 0.05) is 17.2 Å². The van der Waals surface area contributed by atoms with Gasteiger partial charge < -0.3 is 4.90 Å². The summed E-state index contributed by atoms with van der Waals surface area (Å²) in [6, 6.07) is 8.57. The molecule has 1 aromatic heterocycles. The van der Waals surface area contributed by atoms with Gasteiger partial charge in [-0.15, -0.1) is 0 Å². The molecule has 0 N–H and O–H groups in total. The van der Waals surface area contributed by atoms with E-state index >= 15 is 0 Å². The lowest BCUT2D eigenvalue weighted by molar-refractivity contribution is -0.137. The summed E-state index contributed by atoms with van der Waals surface area (Å²) < 4.78 is 53.8. The average molecular weight is 506 g/mol. The molecule has 0 bridgehead atoms. The van der Waals surface area contributed by atoms with Crippen molar-refractivity contribution in [1.29, 1.82) is 0 Å². The van der Waals surface area contributed by atoms with Crippen LogP contribution in [0.3, 0.4) is 0 Å². The predicted molar refractivity (Wildman–Crippen MR) is 126 cm³/mol. The normalized spacial score (nSPS) is 17.9. The van der Waals surface area contributed by atoms with E-state index in [0.29, 0.717) is 30.1 Å². The van der Waals surface area contributed by atoms with Crippen molar-refractivity contribution in [2.45, 2.75) is 58.3 Å². The number of fused-ring (bicyclic) bond motifs is 1. The lowest BCUT2D eigenvalue weighted by Crippen LogP contribution is -2.47. The zero-order valence-electron chi connectivity index (χ0n) is 19.5. The Kier molecular flexibility index (Phi) is 6.86. The smallest absolute Gasteiger partial charge is 0.327 e. The Morgan fingerprint density at radius 2 is 1.83 bits per heavy atom. The third-order valence-electron chi connectivity index (χ3n) is 6.31. The quantitative estimate of drug-likeness (QED) is 0.352. The maximum Gasteiger partial charge on any atom is 0.417 e. The van der Waals surface area contributed by atoms with Crippen LogP contribution in [-0.4, -0.2) is 26.8 Å². The second-order valence-electron chi connectivity index (χ2n) is 8.69. The summed E-state index contributed by atoms with van der Waals surface area (Å²) in [5, 5.41) is -0.607. The van der Waals surface area contributed by atoms with Crippen LogP contribution in [0, 0.1) is 12.7 Å². The van der Waals surface area contributed by atoms with Crippen molar-refractivity contribution >= 4 is 17.5 Å². The minimum absolute atomic E-state index is 0.192. The van der Waals surface area contributed by atoms with E-state index in [9.17, 15) is 22.4 Å². The first-order valence-corrected chi connectivity index (χ1v) is 11.7. The molecule has 0 spiro atoms. The number of alkyl halides is 3. The monoisotopic (exact) mass is 505 g/mol. The van der Waals surface area contributed by atoms with Gasteiger partial charge in [-0.2, -0.15) is 13.2 Å². The zero-order chi connectivity index (χ0) is 25.5. The van der Waals surface area contributed by atoms with E-state index < -0.39 is 28.7 Å². The third-order valence-corrected chi connectivity index (χ3v) is 6.71. The summed E-state index contributed by atoms with van der Waals surface area (Å²) in [6.45, 7) is 5.52. The largest absolute Gasteiger partial charge is 0.417 e. The van der Waals surface area contributed by atoms with Crippen molar-refractivity contribution in [1.82, 2.24) is 14.9 Å². The van der Waals surface area contributed by atoms with Crippen molar-refractivity contribution < 1.29 is 22.4 Å². The highest BCUT2D eigenvalue weighted by molar-refractivity contribution is 6.34. The minimum Gasteiger partial charge on any atom is -0.327 e. The van der Waals surface area contributed by atoms with Crippen molar-refractivity contribution in [3.8, 4) is 11.3 Å². The summed E-state index contributed by atoms with van der Waals surface area (Å²) in [7, 11) is 0. The van der Waals surface area contributed by atoms with Gasteiger partial charge in [0.05, 0.1) is 33.6 Å². The van der Waals surface area contributed by atoms with Gasteiger partial charge in [-0.25, -0.2) is 14.4 Å². The summed E-state index contributed by atoms with van der Waals surface area (Å²) in [5.74, 6) is -0.453. The molecule has 0 unspecified atom stereocenters. The first-order chi connectivity index (χ1) is 16.5. The van der Waals surface area contributed by atoms with Gasteiger partial charge in [-0.3, -0.25) is 4.79 Å². The number of hydrogen-bond donors (Lipinski definition) is 0. The van der Waals surface area contributed by atoms with Crippen LogP contribution in [0.15, 0.2) is 42.5 Å². The molecule has 2 atom stereocenters. The SMILES string of the molecule is CCC[C@H]1Cc2c(-c3ccc(F)cc3)nc(C)nc2[C@@H](C)N1C(=O)c1cccc(C(F)(F)F)c1Cl. The van der Waals surface area contributed by atoms with Crippen LogP contribution in [0.25, 0.3) is 11.3 Å². The predicted octanol–water partition coefficient (Wildman–Crippen LogP) is 7.19. The Bertz CT molecular complexity index is 1260. The van der Waals surface area contributed by atoms with E-state index in [-0.39, 0.29) is 17.4 Å². The van der Waals surface area contributed by atoms with Gasteiger partial charge in [-0.1, -0.05) is 31.0 Å². The van der Waals surface area contributed by atoms with E-state index in [1.54, 1.807) is 30.9 Å². The van der Waals surface area contributed by atoms with Gasteiger partial charge in [0.15, 0.2) is 0 Å². The highest BCUT2D eigenvalue weighted by Crippen LogP contribution is 2.41. The standard InChI is InChI=1S/C26H24ClF4N3O/c1-4-6-18-13-20-23(32-15(3)33-24(20)16-9-11-17(28)12-10-16)14(2)34(18)25(35)19-7-5-8-21(22(19)27)26(29,30)31/h5,7-12,14,18H,4,6,13H2,1-3H3/t14-,18+/m1/s1. The molecular weight excluding hydrogens is 482 g/mol. The van der Waals surface area contributed by atoms with Crippen molar-refractivity contribution in [2.75, 3.05) is 0 Å². The number of rotatable bonds is 4. The van der Waals surface area contributed by atoms with Gasteiger partial charge in [0.25, 0.3) is 5.91 Å². The van der Waals surface area contributed by atoms with Crippen molar-refractivity contribution in [3.05, 3.63) is 81.5 Å². The fourth-order valence-electron chi connectivity index (χ4n) is 4.76. The molecule has 4 nitrogen and oxygen atoms in total. The summed E-state index contributed by atoms with van der Waals surface area (Å²) in [4.78, 5) is 24.5. The van der Waals surface area contributed by atoms with Crippen LogP contribution < -0.4 is 0 Å². The molecule has 0 saturated heterocycles. The van der Waals surface area contributed by atoms with E-state index in [0.717, 1.165) is 23.6 Å². The summed E-state index contributed by atoms with van der Waals surface area (Å²) >= 11 is 6.10. The Morgan fingerprint density at radius 1 is 1.14 bits per heavy atom. The van der Waals surface area contributed by atoms with E-state index in [1.807, 2.05) is 6.92 Å². The summed E-state index contributed by atoms with van der Waals surface area (Å²) in [5.41, 5.74) is 1.65. The minimum atomic E-state index is -4.68.